The summed E-state index contributed by atoms with van der Waals surface area (Å²) in [5, 5.41) is 0. The first-order valence-electron chi connectivity index (χ1n) is 9.62. The van der Waals surface area contributed by atoms with Crippen molar-refractivity contribution in [3.05, 3.63) is 59.9 Å². The van der Waals surface area contributed by atoms with Crippen LogP contribution >= 0.6 is 12.6 Å². The number of nitrogens with zero attached hydrogens (tertiary/aromatic N) is 3. The molecular formula is C22H26BN3S. The van der Waals surface area contributed by atoms with Gasteiger partial charge in [0.2, 0.25) is 0 Å². The second kappa shape index (κ2) is 6.79. The van der Waals surface area contributed by atoms with Crippen LogP contribution in [0.15, 0.2) is 53.7 Å². The number of rotatable bonds is 3. The molecule has 0 atom stereocenters. The van der Waals surface area contributed by atoms with Gasteiger partial charge >= 0.3 is 6.98 Å². The minimum atomic E-state index is 0.0844. The first-order chi connectivity index (χ1) is 12.9. The Hall–Kier alpha value is -2.14. The van der Waals surface area contributed by atoms with E-state index in [0.29, 0.717) is 11.8 Å². The summed E-state index contributed by atoms with van der Waals surface area (Å²) >= 11 is 4.72. The number of anilines is 1. The molecule has 1 aliphatic rings. The van der Waals surface area contributed by atoms with Crippen LogP contribution in [0.5, 0.6) is 0 Å². The lowest BCUT2D eigenvalue weighted by molar-refractivity contribution is 0.842. The van der Waals surface area contributed by atoms with Crippen molar-refractivity contribution in [1.82, 2.24) is 9.46 Å². The highest BCUT2D eigenvalue weighted by Crippen LogP contribution is 2.39. The first kappa shape index (κ1) is 18.2. The Morgan fingerprint density at radius 1 is 0.963 bits per heavy atom. The number of thiol groups is 1. The predicted molar refractivity (Wildman–Crippen MR) is 119 cm³/mol. The fraction of sp³-hybridized carbons (Fsp3) is 0.318. The number of imidazole rings is 1. The van der Waals surface area contributed by atoms with E-state index in [2.05, 4.69) is 80.6 Å². The molecule has 4 rings (SSSR count). The molecule has 0 bridgehead atoms. The molecule has 27 heavy (non-hydrogen) atoms. The fourth-order valence-electron chi connectivity index (χ4n) is 4.31. The Labute approximate surface area is 168 Å². The average Bonchev–Trinajstić information content (AvgIpc) is 3.10. The van der Waals surface area contributed by atoms with E-state index in [1.807, 2.05) is 12.3 Å². The standard InChI is InChI=1S/C22H26BN3S/c1-14(2)16-8-6-9-17(15(3)4)21(16)23-25(5)18-10-7-11-19(27)20(18)22-24-12-13-26(22)23/h6-15,27H,1-5H3. The van der Waals surface area contributed by atoms with E-state index >= 15 is 0 Å². The monoisotopic (exact) mass is 375 g/mol. The van der Waals surface area contributed by atoms with E-state index in [4.69, 9.17) is 17.6 Å². The zero-order chi connectivity index (χ0) is 19.3. The van der Waals surface area contributed by atoms with E-state index < -0.39 is 0 Å². The Bertz CT molecular complexity index is 967. The lowest BCUT2D eigenvalue weighted by atomic mass is 9.58. The molecule has 2 aromatic carbocycles. The second-order valence-corrected chi connectivity index (χ2v) is 8.46. The molecule has 0 radical (unpaired) electrons. The summed E-state index contributed by atoms with van der Waals surface area (Å²) in [5.74, 6) is 1.90. The van der Waals surface area contributed by atoms with E-state index in [0.717, 1.165) is 16.3 Å². The summed E-state index contributed by atoms with van der Waals surface area (Å²) in [7, 11) is 2.18. The average molecular weight is 375 g/mol. The molecule has 1 aliphatic heterocycles. The van der Waals surface area contributed by atoms with Crippen LogP contribution in [0.2, 0.25) is 0 Å². The normalized spacial score (nSPS) is 13.3. The maximum Gasteiger partial charge on any atom is 0.417 e. The van der Waals surface area contributed by atoms with Gasteiger partial charge in [0.1, 0.15) is 5.82 Å². The van der Waals surface area contributed by atoms with Gasteiger partial charge in [-0.1, -0.05) is 52.0 Å². The fourth-order valence-corrected chi connectivity index (χ4v) is 4.61. The zero-order valence-corrected chi connectivity index (χ0v) is 17.5. The third-order valence-electron chi connectivity index (χ3n) is 5.60. The number of fused-ring (bicyclic) bond motifs is 3. The first-order valence-corrected chi connectivity index (χ1v) is 10.1. The van der Waals surface area contributed by atoms with Gasteiger partial charge in [0.25, 0.3) is 0 Å². The second-order valence-electron chi connectivity index (χ2n) is 7.97. The van der Waals surface area contributed by atoms with Crippen LogP contribution < -0.4 is 10.3 Å². The van der Waals surface area contributed by atoms with Gasteiger partial charge < -0.3 is 9.29 Å². The zero-order valence-electron chi connectivity index (χ0n) is 16.6. The minimum Gasteiger partial charge on any atom is -0.394 e. The maximum absolute atomic E-state index is 4.72. The van der Waals surface area contributed by atoms with E-state index in [-0.39, 0.29) is 6.98 Å². The molecular weight excluding hydrogens is 349 g/mol. The molecule has 0 saturated heterocycles. The van der Waals surface area contributed by atoms with Gasteiger partial charge in [-0.25, -0.2) is 4.98 Å². The van der Waals surface area contributed by atoms with Crippen molar-refractivity contribution >= 4 is 30.8 Å². The van der Waals surface area contributed by atoms with Crippen molar-refractivity contribution in [2.24, 2.45) is 0 Å². The molecule has 3 nitrogen and oxygen atoms in total. The lowest BCUT2D eigenvalue weighted by Gasteiger charge is -2.38. The summed E-state index contributed by atoms with van der Waals surface area (Å²) < 4.78 is 2.30. The number of hydrogen-bond acceptors (Lipinski definition) is 3. The van der Waals surface area contributed by atoms with Gasteiger partial charge in [-0.2, -0.15) is 0 Å². The van der Waals surface area contributed by atoms with Crippen LogP contribution in [-0.4, -0.2) is 23.5 Å². The van der Waals surface area contributed by atoms with E-state index in [1.54, 1.807) is 0 Å². The van der Waals surface area contributed by atoms with Crippen LogP contribution in [0.3, 0.4) is 0 Å². The van der Waals surface area contributed by atoms with Crippen LogP contribution in [0.25, 0.3) is 11.4 Å². The van der Waals surface area contributed by atoms with Crippen LogP contribution in [0.4, 0.5) is 5.69 Å². The van der Waals surface area contributed by atoms with Gasteiger partial charge in [0, 0.05) is 23.0 Å². The summed E-state index contributed by atoms with van der Waals surface area (Å²) in [5.41, 5.74) is 6.50. The SMILES string of the molecule is CC(C)c1cccc(C(C)C)c1B1N(C)c2cccc(S)c2-c2nccn21. The molecule has 0 N–H and O–H groups in total. The molecule has 138 valence electrons. The van der Waals surface area contributed by atoms with Crippen molar-refractivity contribution in [2.75, 3.05) is 11.9 Å². The van der Waals surface area contributed by atoms with Gasteiger partial charge in [-0.3, -0.25) is 0 Å². The van der Waals surface area contributed by atoms with Crippen molar-refractivity contribution in [3.63, 3.8) is 0 Å². The summed E-state index contributed by atoms with van der Waals surface area (Å²) in [4.78, 5) is 8.04. The number of aromatic nitrogens is 2. The lowest BCUT2D eigenvalue weighted by Crippen LogP contribution is -2.56. The highest BCUT2D eigenvalue weighted by atomic mass is 32.1. The summed E-state index contributed by atoms with van der Waals surface area (Å²) in [6.07, 6.45) is 4.00. The van der Waals surface area contributed by atoms with Crippen molar-refractivity contribution in [2.45, 2.75) is 44.4 Å². The van der Waals surface area contributed by atoms with Crippen molar-refractivity contribution in [1.29, 1.82) is 0 Å². The Morgan fingerprint density at radius 2 is 1.59 bits per heavy atom. The molecule has 0 unspecified atom stereocenters. The van der Waals surface area contributed by atoms with Crippen molar-refractivity contribution in [3.8, 4) is 11.4 Å². The van der Waals surface area contributed by atoms with Crippen molar-refractivity contribution < 1.29 is 0 Å². The smallest absolute Gasteiger partial charge is 0.394 e. The molecule has 0 amide bonds. The molecule has 3 aromatic rings. The van der Waals surface area contributed by atoms with Gasteiger partial charge in [0.15, 0.2) is 0 Å². The Kier molecular flexibility index (Phi) is 4.59. The number of benzene rings is 2. The minimum absolute atomic E-state index is 0.0844. The molecule has 5 heteroatoms. The van der Waals surface area contributed by atoms with Gasteiger partial charge in [-0.05, 0) is 47.6 Å². The van der Waals surface area contributed by atoms with E-state index in [9.17, 15) is 0 Å². The van der Waals surface area contributed by atoms with E-state index in [1.165, 1.54) is 22.3 Å². The van der Waals surface area contributed by atoms with Gasteiger partial charge in [-0.15, -0.1) is 12.6 Å². The van der Waals surface area contributed by atoms with Crippen LogP contribution in [0, 0.1) is 0 Å². The largest absolute Gasteiger partial charge is 0.417 e. The topological polar surface area (TPSA) is 21.1 Å². The van der Waals surface area contributed by atoms with Gasteiger partial charge in [0.05, 0.1) is 5.56 Å². The quantitative estimate of drug-likeness (QED) is 0.526. The molecule has 2 heterocycles. The third-order valence-corrected chi connectivity index (χ3v) is 5.97. The Balaban J connectivity index is 2.03. The molecule has 0 fully saturated rings. The molecule has 0 spiro atoms. The van der Waals surface area contributed by atoms with Crippen LogP contribution in [-0.2, 0) is 0 Å². The number of hydrogen-bond donors (Lipinski definition) is 1. The molecule has 0 saturated carbocycles. The summed E-state index contributed by atoms with van der Waals surface area (Å²) in [6.45, 7) is 9.20. The Morgan fingerprint density at radius 3 is 2.22 bits per heavy atom. The summed E-state index contributed by atoms with van der Waals surface area (Å²) in [6, 6.07) is 13.0. The maximum atomic E-state index is 4.72. The highest BCUT2D eigenvalue weighted by Gasteiger charge is 2.38. The molecule has 1 aromatic heterocycles. The molecule has 0 aliphatic carbocycles. The highest BCUT2D eigenvalue weighted by molar-refractivity contribution is 7.80. The third kappa shape index (κ3) is 2.80. The van der Waals surface area contributed by atoms with Crippen LogP contribution in [0.1, 0.15) is 50.7 Å². The predicted octanol–water partition coefficient (Wildman–Crippen LogP) is 4.78.